The molecular weight excluding hydrogens is 252 g/mol. The van der Waals surface area contributed by atoms with Gasteiger partial charge >= 0.3 is 0 Å². The summed E-state index contributed by atoms with van der Waals surface area (Å²) >= 11 is 6.22. The van der Waals surface area contributed by atoms with Gasteiger partial charge in [-0.2, -0.15) is 0 Å². The summed E-state index contributed by atoms with van der Waals surface area (Å²) in [5.74, 6) is 0.850. The topological polar surface area (TPSA) is 49.7 Å². The van der Waals surface area contributed by atoms with Crippen molar-refractivity contribution in [1.29, 1.82) is 0 Å². The summed E-state index contributed by atoms with van der Waals surface area (Å²) in [4.78, 5) is 0. The largest absolute Gasteiger partial charge is 0.497 e. The molecule has 1 aromatic rings. The van der Waals surface area contributed by atoms with Gasteiger partial charge < -0.3 is 14.9 Å². The highest BCUT2D eigenvalue weighted by Gasteiger charge is 2.20. The van der Waals surface area contributed by atoms with Crippen LogP contribution in [0.3, 0.4) is 0 Å². The van der Waals surface area contributed by atoms with Crippen molar-refractivity contribution in [1.82, 2.24) is 0 Å². The van der Waals surface area contributed by atoms with E-state index in [4.69, 9.17) is 16.3 Å². The number of halogens is 1. The van der Waals surface area contributed by atoms with Crippen molar-refractivity contribution in [2.24, 2.45) is 0 Å². The summed E-state index contributed by atoms with van der Waals surface area (Å²) in [5, 5.41) is 19.8. The van der Waals surface area contributed by atoms with Gasteiger partial charge in [0.2, 0.25) is 0 Å². The average molecular weight is 273 g/mol. The van der Waals surface area contributed by atoms with Crippen LogP contribution in [0.2, 0.25) is 5.02 Å². The van der Waals surface area contributed by atoms with E-state index in [1.807, 2.05) is 19.1 Å². The van der Waals surface area contributed by atoms with Crippen molar-refractivity contribution < 1.29 is 14.9 Å². The van der Waals surface area contributed by atoms with E-state index in [2.05, 4.69) is 0 Å². The van der Waals surface area contributed by atoms with E-state index in [1.165, 1.54) is 0 Å². The van der Waals surface area contributed by atoms with E-state index in [-0.39, 0.29) is 5.92 Å². The molecule has 0 aliphatic heterocycles. The minimum Gasteiger partial charge on any atom is -0.497 e. The number of ether oxygens (including phenoxy) is 1. The van der Waals surface area contributed by atoms with Crippen LogP contribution in [0.1, 0.15) is 38.2 Å². The van der Waals surface area contributed by atoms with Crippen LogP contribution in [0, 0.1) is 0 Å². The number of aliphatic hydroxyl groups is 2. The summed E-state index contributed by atoms with van der Waals surface area (Å²) in [6.45, 7) is 3.63. The lowest BCUT2D eigenvalue weighted by Gasteiger charge is -2.22. The molecule has 0 heterocycles. The second-order valence-electron chi connectivity index (χ2n) is 4.54. The highest BCUT2D eigenvalue weighted by molar-refractivity contribution is 6.31. The molecule has 0 aliphatic carbocycles. The summed E-state index contributed by atoms with van der Waals surface area (Å²) < 4.78 is 5.11. The molecule has 102 valence electrons. The molecule has 3 nitrogen and oxygen atoms in total. The van der Waals surface area contributed by atoms with E-state index in [0.29, 0.717) is 11.4 Å². The summed E-state index contributed by atoms with van der Waals surface area (Å²) in [5.41, 5.74) is 0.986. The lowest BCUT2D eigenvalue weighted by atomic mass is 9.89. The number of benzene rings is 1. The van der Waals surface area contributed by atoms with Gasteiger partial charge in [0.05, 0.1) is 19.3 Å². The maximum absolute atomic E-state index is 9.76. The molecule has 4 heteroatoms. The maximum atomic E-state index is 9.76. The third kappa shape index (κ3) is 3.87. The van der Waals surface area contributed by atoms with Crippen molar-refractivity contribution in [3.05, 3.63) is 28.8 Å². The Kier molecular flexibility index (Phi) is 5.93. The van der Waals surface area contributed by atoms with Crippen molar-refractivity contribution in [3.8, 4) is 5.75 Å². The molecule has 18 heavy (non-hydrogen) atoms. The Bertz CT molecular complexity index is 379. The minimum absolute atomic E-state index is 0.132. The summed E-state index contributed by atoms with van der Waals surface area (Å²) in [6, 6.07) is 5.55. The average Bonchev–Trinajstić information content (AvgIpc) is 2.35. The molecule has 1 rings (SSSR count). The van der Waals surface area contributed by atoms with E-state index < -0.39 is 12.2 Å². The SMILES string of the molecule is CCC(CC(O)C(C)O)c1ccc(OC)cc1Cl. The standard InChI is InChI=1S/C14H21ClO3/c1-4-10(7-14(17)9(2)16)12-6-5-11(18-3)8-13(12)15/h5-6,8-10,14,16-17H,4,7H2,1-3H3. The molecule has 1 aromatic carbocycles. The lowest BCUT2D eigenvalue weighted by molar-refractivity contribution is 0.0215. The maximum Gasteiger partial charge on any atom is 0.120 e. The van der Waals surface area contributed by atoms with Gasteiger partial charge in [-0.1, -0.05) is 24.6 Å². The third-order valence-electron chi connectivity index (χ3n) is 3.22. The van der Waals surface area contributed by atoms with Crippen molar-refractivity contribution >= 4 is 11.6 Å². The van der Waals surface area contributed by atoms with Gasteiger partial charge in [0.25, 0.3) is 0 Å². The predicted octanol–water partition coefficient (Wildman–Crippen LogP) is 2.97. The smallest absolute Gasteiger partial charge is 0.120 e. The number of hydrogen-bond donors (Lipinski definition) is 2. The number of rotatable bonds is 6. The first-order valence-electron chi connectivity index (χ1n) is 6.19. The van der Waals surface area contributed by atoms with E-state index in [9.17, 15) is 10.2 Å². The molecule has 0 saturated carbocycles. The van der Waals surface area contributed by atoms with Crippen LogP contribution in [0.5, 0.6) is 5.75 Å². The van der Waals surface area contributed by atoms with Gasteiger partial charge in [-0.3, -0.25) is 0 Å². The molecular formula is C14H21ClO3. The molecule has 0 amide bonds. The quantitative estimate of drug-likeness (QED) is 0.837. The van der Waals surface area contributed by atoms with Crippen LogP contribution in [0.4, 0.5) is 0 Å². The zero-order valence-electron chi connectivity index (χ0n) is 11.1. The summed E-state index contributed by atoms with van der Waals surface area (Å²) in [7, 11) is 1.60. The zero-order chi connectivity index (χ0) is 13.7. The van der Waals surface area contributed by atoms with Crippen molar-refractivity contribution in [3.63, 3.8) is 0 Å². The van der Waals surface area contributed by atoms with Gasteiger partial charge in [-0.25, -0.2) is 0 Å². The second kappa shape index (κ2) is 6.98. The van der Waals surface area contributed by atoms with Crippen LogP contribution in [0.15, 0.2) is 18.2 Å². The van der Waals surface area contributed by atoms with Crippen LogP contribution >= 0.6 is 11.6 Å². The number of aliphatic hydroxyl groups excluding tert-OH is 2. The van der Waals surface area contributed by atoms with Crippen LogP contribution in [0.25, 0.3) is 0 Å². The Balaban J connectivity index is 2.88. The van der Waals surface area contributed by atoms with Gasteiger partial charge in [-0.15, -0.1) is 0 Å². The highest BCUT2D eigenvalue weighted by atomic mass is 35.5. The Hall–Kier alpha value is -0.770. The van der Waals surface area contributed by atoms with Crippen molar-refractivity contribution in [2.75, 3.05) is 7.11 Å². The van der Waals surface area contributed by atoms with Crippen LogP contribution in [-0.4, -0.2) is 29.5 Å². The summed E-state index contributed by atoms with van der Waals surface area (Å²) in [6.07, 6.45) is -0.0973. The third-order valence-corrected chi connectivity index (χ3v) is 3.55. The Morgan fingerprint density at radius 2 is 2.00 bits per heavy atom. The molecule has 0 spiro atoms. The normalized spacial score (nSPS) is 16.1. The predicted molar refractivity (Wildman–Crippen MR) is 73.3 cm³/mol. The second-order valence-corrected chi connectivity index (χ2v) is 4.94. The molecule has 0 aliphatic rings. The molecule has 3 atom stereocenters. The van der Waals surface area contributed by atoms with E-state index >= 15 is 0 Å². The molecule has 0 radical (unpaired) electrons. The number of methoxy groups -OCH3 is 1. The molecule has 2 N–H and O–H groups in total. The Morgan fingerprint density at radius 1 is 1.33 bits per heavy atom. The highest BCUT2D eigenvalue weighted by Crippen LogP contribution is 2.33. The molecule has 3 unspecified atom stereocenters. The van der Waals surface area contributed by atoms with Crippen LogP contribution in [-0.2, 0) is 0 Å². The van der Waals surface area contributed by atoms with Gasteiger partial charge in [0.15, 0.2) is 0 Å². The van der Waals surface area contributed by atoms with Crippen molar-refractivity contribution in [2.45, 2.75) is 44.8 Å². The first kappa shape index (κ1) is 15.3. The monoisotopic (exact) mass is 272 g/mol. The first-order chi connectivity index (χ1) is 8.49. The van der Waals surface area contributed by atoms with E-state index in [1.54, 1.807) is 20.1 Å². The molecule has 0 bridgehead atoms. The zero-order valence-corrected chi connectivity index (χ0v) is 11.8. The first-order valence-corrected chi connectivity index (χ1v) is 6.56. The van der Waals surface area contributed by atoms with E-state index in [0.717, 1.165) is 17.7 Å². The molecule has 0 saturated heterocycles. The van der Waals surface area contributed by atoms with Crippen LogP contribution < -0.4 is 4.74 Å². The lowest BCUT2D eigenvalue weighted by Crippen LogP contribution is -2.24. The Morgan fingerprint density at radius 3 is 2.44 bits per heavy atom. The molecule has 0 aromatic heterocycles. The minimum atomic E-state index is -0.729. The fraction of sp³-hybridized carbons (Fsp3) is 0.571. The molecule has 0 fully saturated rings. The van der Waals surface area contributed by atoms with Gasteiger partial charge in [0.1, 0.15) is 5.75 Å². The fourth-order valence-corrected chi connectivity index (χ4v) is 2.29. The Labute approximate surface area is 113 Å². The number of hydrogen-bond acceptors (Lipinski definition) is 3. The van der Waals surface area contributed by atoms with Gasteiger partial charge in [-0.05, 0) is 43.4 Å². The van der Waals surface area contributed by atoms with Gasteiger partial charge in [0, 0.05) is 5.02 Å². The fourth-order valence-electron chi connectivity index (χ4n) is 1.97.